The first-order valence-corrected chi connectivity index (χ1v) is 8.87. The van der Waals surface area contributed by atoms with Gasteiger partial charge in [0.2, 0.25) is 0 Å². The molecule has 0 radical (unpaired) electrons. The van der Waals surface area contributed by atoms with Crippen LogP contribution in [0.2, 0.25) is 0 Å². The van der Waals surface area contributed by atoms with Crippen LogP contribution in [0.4, 0.5) is 5.82 Å². The van der Waals surface area contributed by atoms with Crippen molar-refractivity contribution >= 4 is 17.2 Å². The Bertz CT molecular complexity index is 470. The third-order valence-corrected chi connectivity index (χ3v) is 4.26. The monoisotopic (exact) mass is 303 g/mol. The fraction of sp³-hybridized carbons (Fsp3) is 0.529. The number of pyridine rings is 1. The van der Waals surface area contributed by atoms with Crippen molar-refractivity contribution < 1.29 is 0 Å². The summed E-state index contributed by atoms with van der Waals surface area (Å²) in [6.45, 7) is 4.34. The number of nitrogens with zero attached hydrogens (tertiary/aromatic N) is 3. The van der Waals surface area contributed by atoms with Gasteiger partial charge in [0.15, 0.2) is 0 Å². The summed E-state index contributed by atoms with van der Waals surface area (Å²) >= 11 is 1.67. The molecule has 0 N–H and O–H groups in total. The second kappa shape index (κ2) is 9.50. The molecule has 0 unspecified atom stereocenters. The SMILES string of the molecule is CCCCCCCN(CCc1cscn1)c1ccccn1. The average molecular weight is 303 g/mol. The van der Waals surface area contributed by atoms with Crippen LogP contribution in [0.1, 0.15) is 44.7 Å². The molecule has 0 atom stereocenters. The molecule has 0 bridgehead atoms. The van der Waals surface area contributed by atoms with Crippen LogP contribution in [0.3, 0.4) is 0 Å². The Labute approximate surface area is 132 Å². The van der Waals surface area contributed by atoms with E-state index in [4.69, 9.17) is 0 Å². The Morgan fingerprint density at radius 1 is 1.05 bits per heavy atom. The molecule has 3 nitrogen and oxygen atoms in total. The number of aromatic nitrogens is 2. The third kappa shape index (κ3) is 5.84. The van der Waals surface area contributed by atoms with Crippen LogP contribution in [0.15, 0.2) is 35.3 Å². The molecule has 0 amide bonds. The van der Waals surface area contributed by atoms with E-state index >= 15 is 0 Å². The molecule has 0 saturated carbocycles. The number of thiazole rings is 1. The van der Waals surface area contributed by atoms with Gasteiger partial charge in [0, 0.05) is 31.1 Å². The molecule has 2 aromatic rings. The summed E-state index contributed by atoms with van der Waals surface area (Å²) in [7, 11) is 0. The molecule has 0 aromatic carbocycles. The zero-order valence-electron chi connectivity index (χ0n) is 12.9. The summed E-state index contributed by atoms with van der Waals surface area (Å²) in [6.07, 6.45) is 9.42. The smallest absolute Gasteiger partial charge is 0.128 e. The van der Waals surface area contributed by atoms with Gasteiger partial charge in [-0.3, -0.25) is 0 Å². The lowest BCUT2D eigenvalue weighted by Gasteiger charge is -2.23. The summed E-state index contributed by atoms with van der Waals surface area (Å²) in [5, 5.41) is 2.14. The molecule has 21 heavy (non-hydrogen) atoms. The van der Waals surface area contributed by atoms with Crippen molar-refractivity contribution in [2.75, 3.05) is 18.0 Å². The molecule has 4 heteroatoms. The van der Waals surface area contributed by atoms with Crippen molar-refractivity contribution in [1.82, 2.24) is 9.97 Å². The number of hydrogen-bond acceptors (Lipinski definition) is 4. The highest BCUT2D eigenvalue weighted by atomic mass is 32.1. The largest absolute Gasteiger partial charge is 0.356 e. The van der Waals surface area contributed by atoms with E-state index in [9.17, 15) is 0 Å². The normalized spacial score (nSPS) is 10.7. The Hall–Kier alpha value is -1.42. The molecule has 0 saturated heterocycles. The van der Waals surface area contributed by atoms with Gasteiger partial charge < -0.3 is 4.90 Å². The zero-order chi connectivity index (χ0) is 14.8. The minimum atomic E-state index is 0.995. The minimum absolute atomic E-state index is 0.995. The predicted octanol–water partition coefficient (Wildman–Crippen LogP) is 4.56. The fourth-order valence-electron chi connectivity index (χ4n) is 2.40. The maximum Gasteiger partial charge on any atom is 0.128 e. The lowest BCUT2D eigenvalue weighted by molar-refractivity contribution is 0.614. The zero-order valence-corrected chi connectivity index (χ0v) is 13.7. The van der Waals surface area contributed by atoms with Gasteiger partial charge in [0.25, 0.3) is 0 Å². The van der Waals surface area contributed by atoms with Crippen LogP contribution in [-0.2, 0) is 6.42 Å². The van der Waals surface area contributed by atoms with Crippen LogP contribution in [-0.4, -0.2) is 23.1 Å². The molecular weight excluding hydrogens is 278 g/mol. The fourth-order valence-corrected chi connectivity index (χ4v) is 2.99. The second-order valence-corrected chi connectivity index (χ2v) is 6.04. The molecule has 0 aliphatic carbocycles. The van der Waals surface area contributed by atoms with Crippen LogP contribution >= 0.6 is 11.3 Å². The van der Waals surface area contributed by atoms with Gasteiger partial charge in [0.1, 0.15) is 5.82 Å². The van der Waals surface area contributed by atoms with E-state index in [2.05, 4.69) is 39.3 Å². The number of hydrogen-bond donors (Lipinski definition) is 0. The lowest BCUT2D eigenvalue weighted by Crippen LogP contribution is -2.27. The average Bonchev–Trinajstić information content (AvgIpc) is 3.04. The first-order valence-electron chi connectivity index (χ1n) is 7.93. The summed E-state index contributed by atoms with van der Waals surface area (Å²) in [5.41, 5.74) is 3.09. The number of rotatable bonds is 10. The van der Waals surface area contributed by atoms with Crippen LogP contribution < -0.4 is 4.90 Å². The molecule has 0 spiro atoms. The first-order chi connectivity index (χ1) is 10.4. The third-order valence-electron chi connectivity index (χ3n) is 3.63. The van der Waals surface area contributed by atoms with Crippen LogP contribution in [0, 0.1) is 0 Å². The van der Waals surface area contributed by atoms with E-state index in [0.717, 1.165) is 25.3 Å². The Kier molecular flexibility index (Phi) is 7.22. The topological polar surface area (TPSA) is 29.0 Å². The first kappa shape index (κ1) is 16.0. The molecule has 2 heterocycles. The Morgan fingerprint density at radius 3 is 2.67 bits per heavy atom. The molecule has 0 fully saturated rings. The van der Waals surface area contributed by atoms with Crippen LogP contribution in [0.25, 0.3) is 0 Å². The quantitative estimate of drug-likeness (QED) is 0.603. The summed E-state index contributed by atoms with van der Waals surface area (Å²) in [4.78, 5) is 11.3. The van der Waals surface area contributed by atoms with E-state index in [1.807, 2.05) is 17.8 Å². The maximum absolute atomic E-state index is 4.50. The van der Waals surface area contributed by atoms with Gasteiger partial charge in [0.05, 0.1) is 11.2 Å². The van der Waals surface area contributed by atoms with Crippen molar-refractivity contribution in [3.63, 3.8) is 0 Å². The second-order valence-electron chi connectivity index (χ2n) is 5.32. The summed E-state index contributed by atoms with van der Waals surface area (Å²) in [6, 6.07) is 6.14. The molecule has 114 valence electrons. The van der Waals surface area contributed by atoms with Crippen molar-refractivity contribution in [3.8, 4) is 0 Å². The predicted molar refractivity (Wildman–Crippen MR) is 91.0 cm³/mol. The Morgan fingerprint density at radius 2 is 1.95 bits per heavy atom. The van der Waals surface area contributed by atoms with Gasteiger partial charge in [-0.15, -0.1) is 11.3 Å². The minimum Gasteiger partial charge on any atom is -0.356 e. The molecule has 0 aliphatic heterocycles. The summed E-state index contributed by atoms with van der Waals surface area (Å²) in [5.74, 6) is 1.09. The van der Waals surface area contributed by atoms with Crippen LogP contribution in [0.5, 0.6) is 0 Å². The standard InChI is InChI=1S/C17H25N3S/c1-2-3-4-5-8-12-20(17-9-6-7-11-18-17)13-10-16-14-21-15-19-16/h6-7,9,11,14-15H,2-5,8,10,12-13H2,1H3. The molecule has 2 aromatic heterocycles. The van der Waals surface area contributed by atoms with Gasteiger partial charge in [-0.25, -0.2) is 9.97 Å². The van der Waals surface area contributed by atoms with Crippen molar-refractivity contribution in [1.29, 1.82) is 0 Å². The van der Waals surface area contributed by atoms with Gasteiger partial charge in [-0.2, -0.15) is 0 Å². The van der Waals surface area contributed by atoms with Crippen molar-refractivity contribution in [2.24, 2.45) is 0 Å². The summed E-state index contributed by atoms with van der Waals surface area (Å²) < 4.78 is 0. The number of unbranched alkanes of at least 4 members (excludes halogenated alkanes) is 4. The molecular formula is C17H25N3S. The Balaban J connectivity index is 1.84. The van der Waals surface area contributed by atoms with Crippen molar-refractivity contribution in [3.05, 3.63) is 41.0 Å². The van der Waals surface area contributed by atoms with Gasteiger partial charge in [-0.05, 0) is 18.6 Å². The highest BCUT2D eigenvalue weighted by molar-refractivity contribution is 7.07. The lowest BCUT2D eigenvalue weighted by atomic mass is 10.1. The highest BCUT2D eigenvalue weighted by Crippen LogP contribution is 2.13. The highest BCUT2D eigenvalue weighted by Gasteiger charge is 2.08. The van der Waals surface area contributed by atoms with Gasteiger partial charge in [-0.1, -0.05) is 38.7 Å². The number of anilines is 1. The van der Waals surface area contributed by atoms with Crippen molar-refractivity contribution in [2.45, 2.75) is 45.4 Å². The molecule has 2 rings (SSSR count). The van der Waals surface area contributed by atoms with E-state index < -0.39 is 0 Å². The molecule has 0 aliphatic rings. The maximum atomic E-state index is 4.50. The van der Waals surface area contributed by atoms with Gasteiger partial charge >= 0.3 is 0 Å². The van der Waals surface area contributed by atoms with E-state index in [-0.39, 0.29) is 0 Å². The van der Waals surface area contributed by atoms with E-state index in [1.165, 1.54) is 37.8 Å². The van der Waals surface area contributed by atoms with E-state index in [0.29, 0.717) is 0 Å². The van der Waals surface area contributed by atoms with E-state index in [1.54, 1.807) is 11.3 Å².